The number of aromatic amines is 1. The maximum absolute atomic E-state index is 12.0. The van der Waals surface area contributed by atoms with Crippen molar-refractivity contribution in [1.29, 1.82) is 0 Å². The number of nitrogens with two attached hydrogens (primary N) is 1. The quantitative estimate of drug-likeness (QED) is 0.778. The highest BCUT2D eigenvalue weighted by Gasteiger charge is 2.09. The van der Waals surface area contributed by atoms with Gasteiger partial charge < -0.3 is 10.7 Å². The van der Waals surface area contributed by atoms with Crippen molar-refractivity contribution >= 4 is 17.8 Å². The number of rotatable bonds is 1. The zero-order valence-electron chi connectivity index (χ0n) is 9.94. The molecule has 3 heteroatoms. The third-order valence-corrected chi connectivity index (χ3v) is 3.26. The normalized spacial score (nSPS) is 13.3. The number of H-pyrrole nitrogens is 1. The average Bonchev–Trinajstić information content (AvgIpc) is 2.44. The van der Waals surface area contributed by atoms with Gasteiger partial charge in [-0.1, -0.05) is 42.5 Å². The van der Waals surface area contributed by atoms with Gasteiger partial charge in [0, 0.05) is 16.0 Å². The lowest BCUT2D eigenvalue weighted by molar-refractivity contribution is 1.09. The van der Waals surface area contributed by atoms with E-state index in [2.05, 4.69) is 4.98 Å². The summed E-state index contributed by atoms with van der Waals surface area (Å²) < 4.78 is 0. The second-order valence-corrected chi connectivity index (χ2v) is 4.42. The van der Waals surface area contributed by atoms with Gasteiger partial charge in [-0.2, -0.15) is 0 Å². The third kappa shape index (κ3) is 1.64. The molecule has 18 heavy (non-hydrogen) atoms. The van der Waals surface area contributed by atoms with Crippen LogP contribution in [0.1, 0.15) is 12.8 Å². The van der Waals surface area contributed by atoms with Gasteiger partial charge >= 0.3 is 0 Å². The molecule has 0 radical (unpaired) electrons. The Morgan fingerprint density at radius 2 is 1.67 bits per heavy atom. The smallest absolute Gasteiger partial charge is 0.256 e. The summed E-state index contributed by atoms with van der Waals surface area (Å²) in [7, 11) is 0. The fourth-order valence-electron chi connectivity index (χ4n) is 2.36. The second-order valence-electron chi connectivity index (χ2n) is 4.42. The van der Waals surface area contributed by atoms with Gasteiger partial charge in [-0.15, -0.1) is 0 Å². The molecule has 3 N–H and O–H groups in total. The first-order valence-corrected chi connectivity index (χ1v) is 6.05. The van der Waals surface area contributed by atoms with Gasteiger partial charge in [-0.25, -0.2) is 0 Å². The number of hydrogen-bond donors (Lipinski definition) is 2. The van der Waals surface area contributed by atoms with E-state index < -0.39 is 0 Å². The molecule has 1 heterocycles. The summed E-state index contributed by atoms with van der Waals surface area (Å²) in [6, 6.07) is 9.70. The van der Waals surface area contributed by atoms with Crippen LogP contribution in [0.25, 0.3) is 23.4 Å². The molecule has 1 aliphatic carbocycles. The summed E-state index contributed by atoms with van der Waals surface area (Å²) in [6.07, 6.45) is 5.85. The SMILES string of the molecule is Nc1c(-c2ccccc2)[nH]c(=O)c2c1=CCCC=2. The topological polar surface area (TPSA) is 58.9 Å². The van der Waals surface area contributed by atoms with Gasteiger partial charge in [0.1, 0.15) is 0 Å². The van der Waals surface area contributed by atoms with Crippen molar-refractivity contribution in [2.45, 2.75) is 12.8 Å². The summed E-state index contributed by atoms with van der Waals surface area (Å²) >= 11 is 0. The van der Waals surface area contributed by atoms with E-state index in [-0.39, 0.29) is 5.56 Å². The largest absolute Gasteiger partial charge is 0.397 e. The van der Waals surface area contributed by atoms with Gasteiger partial charge in [0.15, 0.2) is 0 Å². The fourth-order valence-corrected chi connectivity index (χ4v) is 2.36. The van der Waals surface area contributed by atoms with Gasteiger partial charge in [0.25, 0.3) is 5.56 Å². The number of benzene rings is 1. The van der Waals surface area contributed by atoms with Crippen LogP contribution in [-0.4, -0.2) is 4.98 Å². The second kappa shape index (κ2) is 4.18. The fraction of sp³-hybridized carbons (Fsp3) is 0.133. The standard InChI is InChI=1S/C15H14N2O/c16-13-11-8-4-5-9-12(11)15(18)17-14(13)10-6-2-1-3-7-10/h1-3,6-9H,4-5,16H2,(H,17,18). The Morgan fingerprint density at radius 3 is 2.39 bits per heavy atom. The lowest BCUT2D eigenvalue weighted by atomic mass is 10.0. The molecule has 0 aliphatic heterocycles. The molecule has 3 rings (SSSR count). The molecule has 0 atom stereocenters. The molecule has 3 nitrogen and oxygen atoms in total. The zero-order chi connectivity index (χ0) is 12.5. The van der Waals surface area contributed by atoms with E-state index in [1.807, 2.05) is 42.5 Å². The van der Waals surface area contributed by atoms with Crippen LogP contribution >= 0.6 is 0 Å². The maximum Gasteiger partial charge on any atom is 0.256 e. The number of fused-ring (bicyclic) bond motifs is 1. The Labute approximate surface area is 104 Å². The lowest BCUT2D eigenvalue weighted by Gasteiger charge is -2.09. The highest BCUT2D eigenvalue weighted by Crippen LogP contribution is 2.18. The van der Waals surface area contributed by atoms with Crippen molar-refractivity contribution in [3.63, 3.8) is 0 Å². The highest BCUT2D eigenvalue weighted by atomic mass is 16.1. The molecule has 0 spiro atoms. The van der Waals surface area contributed by atoms with E-state index in [0.717, 1.165) is 23.6 Å². The van der Waals surface area contributed by atoms with Crippen molar-refractivity contribution < 1.29 is 0 Å². The Hall–Kier alpha value is -2.29. The number of anilines is 1. The Bertz CT molecular complexity index is 758. The van der Waals surface area contributed by atoms with Gasteiger partial charge in [0.2, 0.25) is 0 Å². The summed E-state index contributed by atoms with van der Waals surface area (Å²) in [6.45, 7) is 0. The summed E-state index contributed by atoms with van der Waals surface area (Å²) in [5.74, 6) is 0. The summed E-state index contributed by atoms with van der Waals surface area (Å²) in [4.78, 5) is 14.9. The van der Waals surface area contributed by atoms with Crippen molar-refractivity contribution in [3.05, 3.63) is 51.1 Å². The van der Waals surface area contributed by atoms with Crippen molar-refractivity contribution in [2.75, 3.05) is 5.73 Å². The monoisotopic (exact) mass is 238 g/mol. The number of hydrogen-bond acceptors (Lipinski definition) is 2. The van der Waals surface area contributed by atoms with Crippen LogP contribution in [0.4, 0.5) is 5.69 Å². The molecule has 1 aromatic heterocycles. The van der Waals surface area contributed by atoms with Gasteiger partial charge in [0.05, 0.1) is 11.4 Å². The van der Waals surface area contributed by atoms with E-state index in [1.165, 1.54) is 0 Å². The van der Waals surface area contributed by atoms with Crippen molar-refractivity contribution in [2.24, 2.45) is 0 Å². The maximum atomic E-state index is 12.0. The minimum Gasteiger partial charge on any atom is -0.397 e. The first-order chi connectivity index (χ1) is 8.77. The number of pyridine rings is 1. The van der Waals surface area contributed by atoms with Crippen LogP contribution in [0, 0.1) is 0 Å². The van der Waals surface area contributed by atoms with Crippen LogP contribution in [0.15, 0.2) is 35.1 Å². The molecule has 90 valence electrons. The molecule has 2 aromatic rings. The van der Waals surface area contributed by atoms with E-state index in [9.17, 15) is 4.79 Å². The van der Waals surface area contributed by atoms with E-state index in [4.69, 9.17) is 5.73 Å². The predicted molar refractivity (Wildman–Crippen MR) is 74.3 cm³/mol. The number of aromatic nitrogens is 1. The molecule has 1 aromatic carbocycles. The average molecular weight is 238 g/mol. The first-order valence-electron chi connectivity index (χ1n) is 6.05. The number of nitrogen functional groups attached to an aromatic ring is 1. The zero-order valence-corrected chi connectivity index (χ0v) is 9.94. The molecular weight excluding hydrogens is 224 g/mol. The molecule has 0 fully saturated rings. The molecule has 0 saturated heterocycles. The van der Waals surface area contributed by atoms with Crippen LogP contribution in [0.5, 0.6) is 0 Å². The molecule has 0 bridgehead atoms. The lowest BCUT2D eigenvalue weighted by Crippen LogP contribution is -2.43. The van der Waals surface area contributed by atoms with E-state index >= 15 is 0 Å². The minimum absolute atomic E-state index is 0.0611. The van der Waals surface area contributed by atoms with E-state index in [0.29, 0.717) is 16.6 Å². The summed E-state index contributed by atoms with van der Waals surface area (Å²) in [5.41, 5.74) is 8.43. The van der Waals surface area contributed by atoms with Crippen LogP contribution in [-0.2, 0) is 0 Å². The molecule has 0 amide bonds. The molecule has 1 aliphatic rings. The minimum atomic E-state index is -0.0611. The number of nitrogens with one attached hydrogen (secondary N) is 1. The third-order valence-electron chi connectivity index (χ3n) is 3.26. The van der Waals surface area contributed by atoms with Gasteiger partial charge in [-0.05, 0) is 12.8 Å². The summed E-state index contributed by atoms with van der Waals surface area (Å²) in [5, 5.41) is 1.59. The predicted octanol–water partition coefficient (Wildman–Crippen LogP) is 0.979. The van der Waals surface area contributed by atoms with Crippen LogP contribution < -0.4 is 21.7 Å². The Kier molecular flexibility index (Phi) is 2.52. The van der Waals surface area contributed by atoms with E-state index in [1.54, 1.807) is 0 Å². The van der Waals surface area contributed by atoms with Gasteiger partial charge in [-0.3, -0.25) is 4.79 Å². The van der Waals surface area contributed by atoms with Crippen molar-refractivity contribution in [1.82, 2.24) is 4.98 Å². The molecular formula is C15H14N2O. The van der Waals surface area contributed by atoms with Crippen LogP contribution in [0.2, 0.25) is 0 Å². The van der Waals surface area contributed by atoms with Crippen LogP contribution in [0.3, 0.4) is 0 Å². The highest BCUT2D eigenvalue weighted by molar-refractivity contribution is 5.73. The van der Waals surface area contributed by atoms with Crippen molar-refractivity contribution in [3.8, 4) is 11.3 Å². The first kappa shape index (κ1) is 10.8. The Balaban J connectivity index is 2.39. The molecule has 0 unspecified atom stereocenters. The molecule has 0 saturated carbocycles. The Morgan fingerprint density at radius 1 is 1.00 bits per heavy atom.